The normalized spacial score (nSPS) is 26.0. The Morgan fingerprint density at radius 2 is 1.57 bits per heavy atom. The molecule has 9 atom stereocenters. The van der Waals surface area contributed by atoms with Crippen molar-refractivity contribution in [2.45, 2.75) is 131 Å². The number of carbonyl (C=O) groups excluding carboxylic acids is 6. The number of aliphatic hydroxyl groups excluding tert-OH is 1. The van der Waals surface area contributed by atoms with Gasteiger partial charge in [0, 0.05) is 114 Å². The maximum Gasteiger partial charge on any atom is 0.407 e. The first-order valence-corrected chi connectivity index (χ1v) is 27.8. The summed E-state index contributed by atoms with van der Waals surface area (Å²) in [5, 5.41) is 45.6. The zero-order valence-electron chi connectivity index (χ0n) is 48.7. The van der Waals surface area contributed by atoms with Gasteiger partial charge in [0.2, 0.25) is 0 Å². The summed E-state index contributed by atoms with van der Waals surface area (Å²) in [5.74, 6) is -8.29. The molecule has 5 heterocycles. The number of nitrogens with one attached hydrogen (secondary N) is 3. The Morgan fingerprint density at radius 1 is 0.890 bits per heavy atom. The summed E-state index contributed by atoms with van der Waals surface area (Å²) < 4.78 is 40.8. The predicted octanol–water partition coefficient (Wildman–Crippen LogP) is 5.74. The molecule has 5 aliphatic heterocycles. The summed E-state index contributed by atoms with van der Waals surface area (Å²) in [5.41, 5.74) is 0.300. The van der Waals surface area contributed by atoms with Crippen molar-refractivity contribution < 1.29 is 77.2 Å². The number of likely N-dealkylation sites (tertiary alicyclic amines) is 1. The van der Waals surface area contributed by atoms with Gasteiger partial charge in [-0.15, -0.1) is 0 Å². The molecular weight excluding hydrogens is 1060 g/mol. The minimum absolute atomic E-state index is 0.0172. The van der Waals surface area contributed by atoms with Gasteiger partial charge in [0.15, 0.2) is 5.75 Å². The van der Waals surface area contributed by atoms with Crippen LogP contribution in [0.2, 0.25) is 0 Å². The second-order valence-electron chi connectivity index (χ2n) is 22.4. The summed E-state index contributed by atoms with van der Waals surface area (Å²) in [7, 11) is 1.44. The van der Waals surface area contributed by atoms with Gasteiger partial charge in [0.1, 0.15) is 52.4 Å². The average Bonchev–Trinajstić information content (AvgIpc) is 4.08. The number of anilines is 1. The van der Waals surface area contributed by atoms with E-state index < -0.39 is 107 Å². The lowest BCUT2D eigenvalue weighted by Crippen LogP contribution is -2.48. The van der Waals surface area contributed by atoms with Crippen molar-refractivity contribution in [3.8, 4) is 23.0 Å². The number of esters is 3. The summed E-state index contributed by atoms with van der Waals surface area (Å²) in [6.45, 7) is 20.4. The molecule has 22 nitrogen and oxygen atoms in total. The summed E-state index contributed by atoms with van der Waals surface area (Å²) in [6.07, 6.45) is 3.79. The van der Waals surface area contributed by atoms with Crippen molar-refractivity contribution in [2.24, 2.45) is 39.6 Å². The van der Waals surface area contributed by atoms with Crippen molar-refractivity contribution in [2.75, 3.05) is 51.7 Å². The third-order valence-electron chi connectivity index (χ3n) is 15.5. The number of hydrogen-bond donors (Lipinski definition) is 6. The van der Waals surface area contributed by atoms with E-state index >= 15 is 0 Å². The van der Waals surface area contributed by atoms with Crippen LogP contribution < -0.4 is 36.1 Å². The second-order valence-corrected chi connectivity index (χ2v) is 22.4. The highest BCUT2D eigenvalue weighted by Gasteiger charge is 2.51. The second kappa shape index (κ2) is 26.2. The molecule has 0 saturated carbocycles. The maximum absolute atomic E-state index is 14.9. The summed E-state index contributed by atoms with van der Waals surface area (Å²) in [6, 6.07) is 6.47. The van der Waals surface area contributed by atoms with E-state index in [4.69, 9.17) is 38.2 Å². The highest BCUT2D eigenvalue weighted by atomic mass is 16.7. The molecule has 444 valence electrons. The van der Waals surface area contributed by atoms with Crippen LogP contribution in [-0.2, 0) is 49.5 Å². The van der Waals surface area contributed by atoms with Gasteiger partial charge in [0.05, 0.1) is 41.7 Å². The molecular formula is C60H78N6O16. The smallest absolute Gasteiger partial charge is 0.407 e. The largest absolute Gasteiger partial charge is 0.507 e. The van der Waals surface area contributed by atoms with Crippen LogP contribution >= 0.6 is 0 Å². The van der Waals surface area contributed by atoms with E-state index in [9.17, 15) is 44.1 Å². The molecule has 1 fully saturated rings. The molecule has 1 saturated heterocycles. The van der Waals surface area contributed by atoms with Gasteiger partial charge in [-0.2, -0.15) is 0 Å². The van der Waals surface area contributed by atoms with Crippen LogP contribution in [0.5, 0.6) is 23.0 Å². The van der Waals surface area contributed by atoms with Gasteiger partial charge < -0.3 is 69.3 Å². The van der Waals surface area contributed by atoms with Crippen LogP contribution in [0.25, 0.3) is 10.8 Å². The number of aliphatic hydroxyl groups is 1. The fourth-order valence-corrected chi connectivity index (χ4v) is 11.1. The van der Waals surface area contributed by atoms with E-state index in [1.54, 1.807) is 64.1 Å². The number of ketones is 1. The number of piperidine rings is 1. The van der Waals surface area contributed by atoms with Gasteiger partial charge in [-0.05, 0) is 43.5 Å². The minimum atomic E-state index is -2.02. The number of hydrogen-bond acceptors (Lipinski definition) is 20. The Bertz CT molecular complexity index is 3150. The number of benzene rings is 3. The van der Waals surface area contributed by atoms with Crippen LogP contribution in [-0.4, -0.2) is 138 Å². The van der Waals surface area contributed by atoms with E-state index in [0.717, 1.165) is 6.54 Å². The number of amides is 2. The standard InChI is InChI=1S/C60H78N6O16/c1-31(2)29-66-25-21-60(22-26-66)64-47-44-45-51(71)37(8)55-46(44)56(73)59(11,82-55)78-27-20-42(76-12)34(5)54(80-39(10)68)36(7)50(70)35(6)53(32(3)14-13-15-33(4)57(74)63-49(52(45)72)48(47)65-60)81-43(69)28-61-23-24-62-58(75)77-30-40-16-18-41(19-17-40)79-38(9)67/h13-20,27,31-32,34-36,42,50,53-54,61,64,70-72H,21-26,28-30H2,1-12H3,(H,62,75)/b14-13-,27-20?,33-15?,63-49?. The van der Waals surface area contributed by atoms with E-state index in [2.05, 4.69) is 39.7 Å². The molecule has 1 spiro atoms. The molecule has 5 bridgehead atoms. The topological polar surface area (TPSA) is 292 Å². The molecule has 0 aromatic heterocycles. The Morgan fingerprint density at radius 3 is 2.22 bits per heavy atom. The number of Topliss-reactive ketones (excluding diaryl/α,β-unsaturated/α-hetero) is 1. The van der Waals surface area contributed by atoms with Crippen molar-refractivity contribution >= 4 is 52.2 Å². The first kappa shape index (κ1) is 62.2. The number of methoxy groups -OCH3 is 1. The number of ether oxygens (including phenoxy) is 7. The molecule has 0 radical (unpaired) electrons. The first-order chi connectivity index (χ1) is 38.8. The molecule has 5 aliphatic rings. The Kier molecular flexibility index (Phi) is 19.9. The summed E-state index contributed by atoms with van der Waals surface area (Å²) >= 11 is 0. The van der Waals surface area contributed by atoms with Gasteiger partial charge in [0.25, 0.3) is 11.7 Å². The van der Waals surface area contributed by atoms with Crippen LogP contribution in [0.15, 0.2) is 70.4 Å². The van der Waals surface area contributed by atoms with E-state index in [-0.39, 0.29) is 75.9 Å². The highest BCUT2D eigenvalue weighted by Crippen LogP contribution is 2.51. The lowest BCUT2D eigenvalue weighted by Gasteiger charge is -2.39. The molecule has 9 unspecified atom stereocenters. The fraction of sp³-hybridized carbons (Fsp3) is 0.533. The SMILES string of the molecule is COC1C=COC2(C)Oc3c(C)c(O)c4c(O)c(c5c(c4c3C2=O)NC2(CCN(CC(C)C)CC2)N=5)=NC(=O)C(C)=C/C=C\C(C)C(OC(=O)CNCCNC(=O)OCc2ccc(OC(C)=O)cc2)C(C)C(O)C(C)C(OC(C)=O)C1C. The van der Waals surface area contributed by atoms with Crippen LogP contribution in [0, 0.1) is 36.5 Å². The maximum atomic E-state index is 14.9. The van der Waals surface area contributed by atoms with Gasteiger partial charge in [-0.25, -0.2) is 9.79 Å². The van der Waals surface area contributed by atoms with E-state index in [1.807, 2.05) is 0 Å². The molecule has 82 heavy (non-hydrogen) atoms. The number of phenolic OH excluding ortho intramolecular Hbond substituents is 2. The number of aromatic hydroxyl groups is 2. The third kappa shape index (κ3) is 13.9. The highest BCUT2D eigenvalue weighted by molar-refractivity contribution is 6.21. The van der Waals surface area contributed by atoms with E-state index in [0.29, 0.717) is 43.2 Å². The van der Waals surface area contributed by atoms with Crippen LogP contribution in [0.4, 0.5) is 10.5 Å². The van der Waals surface area contributed by atoms with Crippen LogP contribution in [0.1, 0.15) is 104 Å². The Labute approximate surface area is 476 Å². The van der Waals surface area contributed by atoms with E-state index in [1.165, 1.54) is 60.1 Å². The number of allylic oxidation sites excluding steroid dienone is 2. The number of rotatable bonds is 13. The number of carbonyl (C=O) groups is 6. The summed E-state index contributed by atoms with van der Waals surface area (Å²) in [4.78, 5) is 91.2. The number of phenols is 2. The Balaban J connectivity index is 1.21. The Hall–Kier alpha value is -7.40. The van der Waals surface area contributed by atoms with Crippen molar-refractivity contribution in [1.29, 1.82) is 0 Å². The molecule has 22 heteroatoms. The zero-order valence-corrected chi connectivity index (χ0v) is 48.7. The van der Waals surface area contributed by atoms with Gasteiger partial charge in [-0.3, -0.25) is 29.0 Å². The minimum Gasteiger partial charge on any atom is -0.507 e. The van der Waals surface area contributed by atoms with Crippen LogP contribution in [0.3, 0.4) is 0 Å². The monoisotopic (exact) mass is 1140 g/mol. The number of fused-ring (bicyclic) bond motifs is 13. The third-order valence-corrected chi connectivity index (χ3v) is 15.5. The molecule has 6 N–H and O–H groups in total. The quantitative estimate of drug-likeness (QED) is 0.0391. The number of alkyl carbamates (subject to hydrolysis) is 1. The van der Waals surface area contributed by atoms with Crippen molar-refractivity contribution in [3.63, 3.8) is 0 Å². The van der Waals surface area contributed by atoms with Gasteiger partial charge >= 0.3 is 29.8 Å². The van der Waals surface area contributed by atoms with Gasteiger partial charge in [-0.1, -0.05) is 71.9 Å². The molecule has 2 amide bonds. The first-order valence-electron chi connectivity index (χ1n) is 27.8. The molecule has 3 aromatic rings. The average molecular weight is 1140 g/mol. The number of nitrogens with zero attached hydrogens (tertiary/aromatic N) is 3. The fourth-order valence-electron chi connectivity index (χ4n) is 11.1. The van der Waals surface area contributed by atoms with Crippen molar-refractivity contribution in [3.05, 3.63) is 87.8 Å². The molecule has 0 aliphatic carbocycles. The van der Waals surface area contributed by atoms with Crippen molar-refractivity contribution in [1.82, 2.24) is 15.5 Å². The predicted molar refractivity (Wildman–Crippen MR) is 300 cm³/mol. The molecule has 3 aromatic carbocycles. The lowest BCUT2D eigenvalue weighted by atomic mass is 9.78. The molecule has 8 rings (SSSR count). The lowest BCUT2D eigenvalue weighted by molar-refractivity contribution is -0.165. The zero-order chi connectivity index (χ0) is 60.0.